The molecule has 0 aliphatic rings. The van der Waals surface area contributed by atoms with Gasteiger partial charge in [0.2, 0.25) is 0 Å². The van der Waals surface area contributed by atoms with E-state index in [9.17, 15) is 4.79 Å². The van der Waals surface area contributed by atoms with Crippen molar-refractivity contribution in [3.63, 3.8) is 0 Å². The highest BCUT2D eigenvalue weighted by Gasteiger charge is 2.13. The van der Waals surface area contributed by atoms with E-state index in [2.05, 4.69) is 19.2 Å². The second-order valence-corrected chi connectivity index (χ2v) is 5.07. The number of ether oxygens (including phenoxy) is 1. The van der Waals surface area contributed by atoms with Crippen LogP contribution in [0.25, 0.3) is 0 Å². The van der Waals surface area contributed by atoms with E-state index in [1.54, 1.807) is 7.11 Å². The first-order valence-electron chi connectivity index (χ1n) is 6.40. The molecule has 0 aromatic heterocycles. The zero-order valence-corrected chi connectivity index (χ0v) is 11.9. The first-order chi connectivity index (χ1) is 8.45. The van der Waals surface area contributed by atoms with Crippen LogP contribution < -0.4 is 10.1 Å². The van der Waals surface area contributed by atoms with E-state index in [4.69, 9.17) is 4.74 Å². The summed E-state index contributed by atoms with van der Waals surface area (Å²) in [5.74, 6) is 1.16. The van der Waals surface area contributed by atoms with Crippen LogP contribution >= 0.6 is 0 Å². The summed E-state index contributed by atoms with van der Waals surface area (Å²) in [7, 11) is 1.60. The molecule has 0 aliphatic carbocycles. The van der Waals surface area contributed by atoms with E-state index in [1.165, 1.54) is 5.56 Å². The largest absolute Gasteiger partial charge is 0.496 e. The zero-order chi connectivity index (χ0) is 13.7. The maximum absolute atomic E-state index is 12.1. The zero-order valence-electron chi connectivity index (χ0n) is 11.9. The van der Waals surface area contributed by atoms with Crippen molar-refractivity contribution in [2.24, 2.45) is 0 Å². The van der Waals surface area contributed by atoms with Gasteiger partial charge in [-0.15, -0.1) is 0 Å². The fraction of sp³-hybridized carbons (Fsp3) is 0.533. The first-order valence-corrected chi connectivity index (χ1v) is 6.40. The number of ketones is 1. The molecule has 3 nitrogen and oxygen atoms in total. The highest BCUT2D eigenvalue weighted by molar-refractivity contribution is 6.00. The third-order valence-corrected chi connectivity index (χ3v) is 2.86. The van der Waals surface area contributed by atoms with E-state index in [0.717, 1.165) is 0 Å². The van der Waals surface area contributed by atoms with Crippen molar-refractivity contribution in [2.75, 3.05) is 13.7 Å². The van der Waals surface area contributed by atoms with Gasteiger partial charge in [0.05, 0.1) is 19.2 Å². The molecule has 1 aromatic carbocycles. The third-order valence-electron chi connectivity index (χ3n) is 2.86. The lowest BCUT2D eigenvalue weighted by Crippen LogP contribution is -2.29. The van der Waals surface area contributed by atoms with Gasteiger partial charge in [-0.2, -0.15) is 0 Å². The molecule has 0 aliphatic heterocycles. The fourth-order valence-electron chi connectivity index (χ4n) is 1.69. The van der Waals surface area contributed by atoms with Crippen molar-refractivity contribution < 1.29 is 9.53 Å². The fourth-order valence-corrected chi connectivity index (χ4v) is 1.69. The minimum Gasteiger partial charge on any atom is -0.496 e. The standard InChI is InChI=1S/C15H23NO2/c1-10(2)12-6-7-13(15(8-12)18-5)14(17)9-16-11(3)4/h6-8,10-11,16H,9H2,1-5H3. The second kappa shape index (κ2) is 6.55. The van der Waals surface area contributed by atoms with Gasteiger partial charge < -0.3 is 10.1 Å². The van der Waals surface area contributed by atoms with Gasteiger partial charge in [0.1, 0.15) is 5.75 Å². The maximum atomic E-state index is 12.1. The smallest absolute Gasteiger partial charge is 0.180 e. The summed E-state index contributed by atoms with van der Waals surface area (Å²) in [6, 6.07) is 6.11. The van der Waals surface area contributed by atoms with Crippen LogP contribution in [0.4, 0.5) is 0 Å². The number of rotatable bonds is 6. The topological polar surface area (TPSA) is 38.3 Å². The minimum atomic E-state index is 0.0656. The van der Waals surface area contributed by atoms with Crippen LogP contribution in [-0.2, 0) is 0 Å². The van der Waals surface area contributed by atoms with Gasteiger partial charge in [0, 0.05) is 6.04 Å². The Hall–Kier alpha value is -1.35. The Balaban J connectivity index is 2.91. The van der Waals surface area contributed by atoms with Crippen LogP contribution in [-0.4, -0.2) is 25.5 Å². The Morgan fingerprint density at radius 1 is 1.28 bits per heavy atom. The minimum absolute atomic E-state index is 0.0656. The van der Waals surface area contributed by atoms with Gasteiger partial charge in [-0.25, -0.2) is 0 Å². The van der Waals surface area contributed by atoms with Crippen molar-refractivity contribution in [2.45, 2.75) is 39.7 Å². The summed E-state index contributed by atoms with van der Waals surface area (Å²) >= 11 is 0. The molecule has 0 bridgehead atoms. The molecule has 0 fully saturated rings. The van der Waals surface area contributed by atoms with Crippen LogP contribution in [0.3, 0.4) is 0 Å². The van der Waals surface area contributed by atoms with Crippen molar-refractivity contribution in [3.05, 3.63) is 29.3 Å². The van der Waals surface area contributed by atoms with E-state index >= 15 is 0 Å². The molecule has 0 atom stereocenters. The molecule has 0 unspecified atom stereocenters. The summed E-state index contributed by atoms with van der Waals surface area (Å²) in [6.07, 6.45) is 0. The van der Waals surface area contributed by atoms with Gasteiger partial charge in [-0.1, -0.05) is 33.8 Å². The molecular formula is C15H23NO2. The van der Waals surface area contributed by atoms with Crippen LogP contribution in [0, 0.1) is 0 Å². The molecule has 0 radical (unpaired) electrons. The summed E-state index contributed by atoms with van der Waals surface area (Å²) in [5.41, 5.74) is 1.83. The van der Waals surface area contributed by atoms with Crippen LogP contribution in [0.15, 0.2) is 18.2 Å². The van der Waals surface area contributed by atoms with Gasteiger partial charge in [0.25, 0.3) is 0 Å². The lowest BCUT2D eigenvalue weighted by molar-refractivity contribution is 0.0985. The number of Topliss-reactive ketones (excluding diaryl/α,β-unsaturated/α-hetero) is 1. The van der Waals surface area contributed by atoms with E-state index in [1.807, 2.05) is 32.0 Å². The molecule has 100 valence electrons. The lowest BCUT2D eigenvalue weighted by atomic mass is 9.99. The van der Waals surface area contributed by atoms with Gasteiger partial charge in [0.15, 0.2) is 5.78 Å². The molecule has 0 saturated heterocycles. The molecular weight excluding hydrogens is 226 g/mol. The predicted octanol–water partition coefficient (Wildman–Crippen LogP) is 3.00. The number of methoxy groups -OCH3 is 1. The lowest BCUT2D eigenvalue weighted by Gasteiger charge is -2.13. The monoisotopic (exact) mass is 249 g/mol. The molecule has 1 N–H and O–H groups in total. The first kappa shape index (κ1) is 14.7. The molecule has 0 amide bonds. The Morgan fingerprint density at radius 2 is 1.94 bits per heavy atom. The average Bonchev–Trinajstić information content (AvgIpc) is 2.34. The number of hydrogen-bond acceptors (Lipinski definition) is 3. The Morgan fingerprint density at radius 3 is 2.44 bits per heavy atom. The summed E-state index contributed by atoms with van der Waals surface area (Å²) in [6.45, 7) is 8.63. The quantitative estimate of drug-likeness (QED) is 0.788. The van der Waals surface area contributed by atoms with Crippen molar-refractivity contribution in [1.82, 2.24) is 5.32 Å². The second-order valence-electron chi connectivity index (χ2n) is 5.07. The molecule has 1 aromatic rings. The molecule has 0 saturated carbocycles. The Bertz CT molecular complexity index is 411. The Labute approximate surface area is 110 Å². The summed E-state index contributed by atoms with van der Waals surface area (Å²) in [5, 5.41) is 3.13. The Kier molecular flexibility index (Phi) is 5.35. The van der Waals surface area contributed by atoms with Crippen LogP contribution in [0.1, 0.15) is 49.5 Å². The van der Waals surface area contributed by atoms with E-state index < -0.39 is 0 Å². The number of benzene rings is 1. The average molecular weight is 249 g/mol. The third kappa shape index (κ3) is 3.84. The SMILES string of the molecule is COc1cc(C(C)C)ccc1C(=O)CNC(C)C. The molecule has 3 heteroatoms. The molecule has 0 heterocycles. The number of carbonyl (C=O) groups is 1. The van der Waals surface area contributed by atoms with Crippen LogP contribution in [0.2, 0.25) is 0 Å². The number of nitrogens with one attached hydrogen (secondary N) is 1. The summed E-state index contributed by atoms with van der Waals surface area (Å²) < 4.78 is 5.32. The maximum Gasteiger partial charge on any atom is 0.180 e. The van der Waals surface area contributed by atoms with E-state index in [-0.39, 0.29) is 5.78 Å². The highest BCUT2D eigenvalue weighted by Crippen LogP contribution is 2.24. The van der Waals surface area contributed by atoms with Gasteiger partial charge in [-0.3, -0.25) is 4.79 Å². The van der Waals surface area contributed by atoms with Crippen molar-refractivity contribution in [1.29, 1.82) is 0 Å². The number of hydrogen-bond donors (Lipinski definition) is 1. The normalized spacial score (nSPS) is 11.1. The summed E-state index contributed by atoms with van der Waals surface area (Å²) in [4.78, 5) is 12.1. The highest BCUT2D eigenvalue weighted by atomic mass is 16.5. The molecule has 1 rings (SSSR count). The van der Waals surface area contributed by atoms with Gasteiger partial charge >= 0.3 is 0 Å². The predicted molar refractivity (Wildman–Crippen MR) is 74.6 cm³/mol. The number of carbonyl (C=O) groups excluding carboxylic acids is 1. The van der Waals surface area contributed by atoms with E-state index in [0.29, 0.717) is 29.8 Å². The van der Waals surface area contributed by atoms with Crippen molar-refractivity contribution in [3.8, 4) is 5.75 Å². The van der Waals surface area contributed by atoms with Crippen LogP contribution in [0.5, 0.6) is 5.75 Å². The molecule has 0 spiro atoms. The van der Waals surface area contributed by atoms with Gasteiger partial charge in [-0.05, 0) is 23.6 Å². The molecule has 18 heavy (non-hydrogen) atoms. The van der Waals surface area contributed by atoms with Crippen molar-refractivity contribution >= 4 is 5.78 Å².